The molecule has 0 aliphatic carbocycles. The van der Waals surface area contributed by atoms with Gasteiger partial charge >= 0.3 is 8.56 Å². The van der Waals surface area contributed by atoms with Crippen molar-refractivity contribution < 1.29 is 18.3 Å². The van der Waals surface area contributed by atoms with Crippen molar-refractivity contribution in [2.45, 2.75) is 31.2 Å². The molecular weight excluding hydrogens is 212 g/mol. The van der Waals surface area contributed by atoms with Crippen LogP contribution in [0.3, 0.4) is 0 Å². The minimum Gasteiger partial charge on any atom is -0.396 e. The maximum atomic E-state index is 5.78. The van der Waals surface area contributed by atoms with E-state index in [1.165, 1.54) is 0 Å². The number of ether oxygens (including phenoxy) is 2. The normalized spacial score (nSPS) is 22.8. The highest BCUT2D eigenvalue weighted by atomic mass is 28.4. The highest BCUT2D eigenvalue weighted by Crippen LogP contribution is 2.22. The predicted octanol–water partition coefficient (Wildman–Crippen LogP) is 1.29. The molecule has 0 spiro atoms. The Morgan fingerprint density at radius 2 is 2.07 bits per heavy atom. The summed E-state index contributed by atoms with van der Waals surface area (Å²) in [6.45, 7) is 7.41. The van der Waals surface area contributed by atoms with Crippen molar-refractivity contribution in [2.75, 3.05) is 27.4 Å². The highest BCUT2D eigenvalue weighted by Gasteiger charge is 2.43. The number of rotatable bonds is 8. The van der Waals surface area contributed by atoms with Gasteiger partial charge < -0.3 is 18.3 Å². The van der Waals surface area contributed by atoms with Crippen LogP contribution < -0.4 is 0 Å². The lowest BCUT2D eigenvalue weighted by Crippen LogP contribution is -2.53. The molecule has 5 heteroatoms. The van der Waals surface area contributed by atoms with Crippen molar-refractivity contribution in [3.05, 3.63) is 6.92 Å². The molecule has 1 aliphatic heterocycles. The molecule has 1 radical (unpaired) electrons. The Kier molecular flexibility index (Phi) is 5.21. The largest absolute Gasteiger partial charge is 0.396 e. The Labute approximate surface area is 93.1 Å². The van der Waals surface area contributed by atoms with Crippen molar-refractivity contribution >= 4 is 8.56 Å². The first-order valence-corrected chi connectivity index (χ1v) is 7.45. The molecule has 1 rings (SSSR count). The molecule has 0 aromatic rings. The standard InChI is InChI=1S/C10H21O4Si/c1-5-10(14-8-9-7-13-9)15(6-2,11-3)12-4/h9-10H,1,5-8H2,2-4H3. The summed E-state index contributed by atoms with van der Waals surface area (Å²) in [6.07, 6.45) is 0.949. The molecule has 1 fully saturated rings. The van der Waals surface area contributed by atoms with Crippen LogP contribution in [-0.4, -0.2) is 47.8 Å². The molecule has 0 aromatic carbocycles. The lowest BCUT2D eigenvalue weighted by atomic mass is 10.5. The van der Waals surface area contributed by atoms with Gasteiger partial charge in [0.1, 0.15) is 11.8 Å². The van der Waals surface area contributed by atoms with E-state index in [9.17, 15) is 0 Å². The minimum absolute atomic E-state index is 0.0123. The van der Waals surface area contributed by atoms with Gasteiger partial charge in [0, 0.05) is 14.2 Å². The van der Waals surface area contributed by atoms with E-state index in [0.717, 1.165) is 12.7 Å². The first-order valence-electron chi connectivity index (χ1n) is 5.35. The summed E-state index contributed by atoms with van der Waals surface area (Å²) in [7, 11) is 1.16. The second kappa shape index (κ2) is 5.96. The van der Waals surface area contributed by atoms with Crippen LogP contribution in [0.2, 0.25) is 6.04 Å². The van der Waals surface area contributed by atoms with Gasteiger partial charge in [0.05, 0.1) is 13.2 Å². The van der Waals surface area contributed by atoms with Gasteiger partial charge in [-0.1, -0.05) is 13.8 Å². The fourth-order valence-electron chi connectivity index (χ4n) is 1.68. The molecule has 0 bridgehead atoms. The van der Waals surface area contributed by atoms with Crippen LogP contribution in [0, 0.1) is 6.92 Å². The average molecular weight is 233 g/mol. The van der Waals surface area contributed by atoms with E-state index < -0.39 is 8.56 Å². The Hall–Kier alpha value is 0.0569. The van der Waals surface area contributed by atoms with Crippen LogP contribution >= 0.6 is 0 Å². The molecule has 0 saturated carbocycles. The van der Waals surface area contributed by atoms with Gasteiger partial charge in [-0.2, -0.15) is 0 Å². The molecular formula is C10H21O4Si. The molecule has 1 aliphatic rings. The summed E-state index contributed by atoms with van der Waals surface area (Å²) in [5, 5.41) is 0. The molecule has 1 heterocycles. The molecule has 1 saturated heterocycles. The molecule has 0 N–H and O–H groups in total. The lowest BCUT2D eigenvalue weighted by Gasteiger charge is -2.33. The van der Waals surface area contributed by atoms with E-state index in [1.54, 1.807) is 14.2 Å². The van der Waals surface area contributed by atoms with E-state index >= 15 is 0 Å². The van der Waals surface area contributed by atoms with Gasteiger partial charge in [0.15, 0.2) is 0 Å². The van der Waals surface area contributed by atoms with Crippen molar-refractivity contribution in [1.82, 2.24) is 0 Å². The smallest absolute Gasteiger partial charge is 0.367 e. The van der Waals surface area contributed by atoms with Gasteiger partial charge in [-0.15, -0.1) is 0 Å². The Morgan fingerprint density at radius 3 is 2.40 bits per heavy atom. The van der Waals surface area contributed by atoms with Crippen LogP contribution in [-0.2, 0) is 18.3 Å². The van der Waals surface area contributed by atoms with E-state index in [0.29, 0.717) is 13.0 Å². The maximum Gasteiger partial charge on any atom is 0.367 e. The number of hydrogen-bond donors (Lipinski definition) is 0. The van der Waals surface area contributed by atoms with Gasteiger partial charge in [0.2, 0.25) is 0 Å². The van der Waals surface area contributed by atoms with Gasteiger partial charge in [-0.25, -0.2) is 0 Å². The molecule has 2 unspecified atom stereocenters. The van der Waals surface area contributed by atoms with Crippen molar-refractivity contribution in [3.8, 4) is 0 Å². The Balaban J connectivity index is 2.50. The van der Waals surface area contributed by atoms with Crippen LogP contribution in [0.1, 0.15) is 13.3 Å². The zero-order chi connectivity index (χ0) is 11.3. The first kappa shape index (κ1) is 13.1. The predicted molar refractivity (Wildman–Crippen MR) is 59.7 cm³/mol. The van der Waals surface area contributed by atoms with Gasteiger partial charge in [0.25, 0.3) is 0 Å². The molecule has 15 heavy (non-hydrogen) atoms. The van der Waals surface area contributed by atoms with Crippen molar-refractivity contribution in [3.63, 3.8) is 0 Å². The minimum atomic E-state index is -2.23. The summed E-state index contributed by atoms with van der Waals surface area (Å²) < 4.78 is 22.0. The summed E-state index contributed by atoms with van der Waals surface area (Å²) in [6, 6.07) is 0.867. The van der Waals surface area contributed by atoms with Gasteiger partial charge in [-0.3, -0.25) is 0 Å². The zero-order valence-corrected chi connectivity index (χ0v) is 10.8. The van der Waals surface area contributed by atoms with E-state index in [4.69, 9.17) is 18.3 Å². The third-order valence-electron chi connectivity index (χ3n) is 2.82. The van der Waals surface area contributed by atoms with Crippen molar-refractivity contribution in [2.24, 2.45) is 0 Å². The topological polar surface area (TPSA) is 40.2 Å². The van der Waals surface area contributed by atoms with E-state index in [-0.39, 0.29) is 11.8 Å². The van der Waals surface area contributed by atoms with Crippen LogP contribution in [0.15, 0.2) is 0 Å². The summed E-state index contributed by atoms with van der Waals surface area (Å²) in [5.74, 6) is 0. The second-order valence-electron chi connectivity index (χ2n) is 3.64. The third kappa shape index (κ3) is 3.25. The van der Waals surface area contributed by atoms with E-state index in [2.05, 4.69) is 13.8 Å². The number of hydrogen-bond acceptors (Lipinski definition) is 4. The first-order chi connectivity index (χ1) is 7.22. The second-order valence-corrected chi connectivity index (χ2v) is 7.43. The Morgan fingerprint density at radius 1 is 1.47 bits per heavy atom. The van der Waals surface area contributed by atoms with Crippen LogP contribution in [0.4, 0.5) is 0 Å². The summed E-state index contributed by atoms with van der Waals surface area (Å²) in [5.41, 5.74) is -0.0123. The quantitative estimate of drug-likeness (QED) is 0.468. The summed E-state index contributed by atoms with van der Waals surface area (Å²) in [4.78, 5) is 0. The SMILES string of the molecule is [CH2]CC(OCC1CO1)[Si](CC)(OC)OC. The molecule has 0 aromatic heterocycles. The molecule has 4 nitrogen and oxygen atoms in total. The lowest BCUT2D eigenvalue weighted by molar-refractivity contribution is 0.0498. The Bertz CT molecular complexity index is 172. The third-order valence-corrected chi connectivity index (χ3v) is 6.63. The molecule has 0 amide bonds. The highest BCUT2D eigenvalue weighted by molar-refractivity contribution is 6.68. The summed E-state index contributed by atoms with van der Waals surface area (Å²) >= 11 is 0. The van der Waals surface area contributed by atoms with E-state index in [1.807, 2.05) is 0 Å². The fourth-order valence-corrected chi connectivity index (χ4v) is 4.20. The fraction of sp³-hybridized carbons (Fsp3) is 0.900. The molecule has 2 atom stereocenters. The average Bonchev–Trinajstić information content (AvgIpc) is 3.09. The zero-order valence-electron chi connectivity index (χ0n) is 9.82. The monoisotopic (exact) mass is 233 g/mol. The number of epoxide rings is 1. The van der Waals surface area contributed by atoms with Gasteiger partial charge in [-0.05, 0) is 12.5 Å². The van der Waals surface area contributed by atoms with Crippen molar-refractivity contribution in [1.29, 1.82) is 0 Å². The van der Waals surface area contributed by atoms with Crippen LogP contribution in [0.5, 0.6) is 0 Å². The van der Waals surface area contributed by atoms with Crippen LogP contribution in [0.25, 0.3) is 0 Å². The molecule has 89 valence electrons. The maximum absolute atomic E-state index is 5.78.